The molecule has 178 valence electrons. The predicted octanol–water partition coefficient (Wildman–Crippen LogP) is 4.08. The van der Waals surface area contributed by atoms with E-state index >= 15 is 0 Å². The number of hydrogen-bond donors (Lipinski definition) is 2. The first-order valence-corrected chi connectivity index (χ1v) is 9.85. The van der Waals surface area contributed by atoms with Crippen LogP contribution in [0.15, 0.2) is 30.3 Å². The number of amides is 2. The Balaban J connectivity index is 1.87. The van der Waals surface area contributed by atoms with E-state index in [0.29, 0.717) is 23.1 Å². The number of aliphatic hydroxyl groups excluding tert-OH is 1. The summed E-state index contributed by atoms with van der Waals surface area (Å²) in [5, 5.41) is 11.8. The molecule has 1 fully saturated rings. The van der Waals surface area contributed by atoms with Gasteiger partial charge in [-0.1, -0.05) is 0 Å². The first-order valence-electron chi connectivity index (χ1n) is 9.85. The average molecular weight is 474 g/mol. The van der Waals surface area contributed by atoms with E-state index in [4.69, 9.17) is 0 Å². The first-order chi connectivity index (χ1) is 15.2. The molecule has 33 heavy (non-hydrogen) atoms. The van der Waals surface area contributed by atoms with E-state index in [9.17, 15) is 41.0 Å². The highest BCUT2D eigenvalue weighted by Crippen LogP contribution is 2.35. The Kier molecular flexibility index (Phi) is 6.47. The van der Waals surface area contributed by atoms with Gasteiger partial charge in [0.1, 0.15) is 5.82 Å². The molecule has 5 nitrogen and oxygen atoms in total. The van der Waals surface area contributed by atoms with Crippen LogP contribution < -0.4 is 5.32 Å². The summed E-state index contributed by atoms with van der Waals surface area (Å²) < 4.78 is 85.4. The van der Waals surface area contributed by atoms with Crippen LogP contribution >= 0.6 is 0 Å². The van der Waals surface area contributed by atoms with Crippen molar-refractivity contribution in [1.82, 2.24) is 4.90 Å². The largest absolute Gasteiger partial charge is 0.390 e. The van der Waals surface area contributed by atoms with Crippen LogP contribution in [-0.4, -0.2) is 46.7 Å². The molecule has 0 bridgehead atoms. The second-order valence-corrected chi connectivity index (χ2v) is 8.12. The van der Waals surface area contributed by atoms with Crippen LogP contribution in [0, 0.1) is 24.4 Å². The highest BCUT2D eigenvalue weighted by atomic mass is 19.3. The van der Waals surface area contributed by atoms with Gasteiger partial charge in [-0.25, -0.2) is 17.6 Å². The molecule has 2 amide bonds. The van der Waals surface area contributed by atoms with E-state index in [0.717, 1.165) is 19.1 Å². The Bertz CT molecular complexity index is 1080. The lowest BCUT2D eigenvalue weighted by Crippen LogP contribution is -2.56. The SMILES string of the molecule is Cc1cc(NC(=O)c2ccc(F)c(C(F)(F)C(=O)N3CCC(O)C(C)(F)C3)c2)cc(F)c1F. The van der Waals surface area contributed by atoms with E-state index in [1.165, 1.54) is 6.92 Å². The van der Waals surface area contributed by atoms with Crippen molar-refractivity contribution in [2.24, 2.45) is 0 Å². The normalized spacial score (nSPS) is 21.1. The molecule has 0 aliphatic carbocycles. The molecule has 0 spiro atoms. The topological polar surface area (TPSA) is 69.6 Å². The standard InChI is InChI=1S/C22H20F6N2O3/c1-11-7-13(9-16(24)18(11)25)29-19(32)12-3-4-15(23)14(8-12)22(27,28)20(33)30-6-5-17(31)21(2,26)10-30/h3-4,7-9,17,31H,5-6,10H2,1-2H3,(H,29,32). The van der Waals surface area contributed by atoms with Crippen molar-refractivity contribution in [2.75, 3.05) is 18.4 Å². The summed E-state index contributed by atoms with van der Waals surface area (Å²) in [7, 11) is 0. The average Bonchev–Trinajstić information content (AvgIpc) is 2.73. The molecule has 1 aliphatic heterocycles. The number of carbonyl (C=O) groups excluding carboxylic acids is 2. The maximum Gasteiger partial charge on any atom is 0.352 e. The van der Waals surface area contributed by atoms with E-state index < -0.39 is 64.6 Å². The molecular weight excluding hydrogens is 454 g/mol. The number of nitrogens with one attached hydrogen (secondary N) is 1. The molecule has 2 atom stereocenters. The number of halogens is 6. The van der Waals surface area contributed by atoms with Gasteiger partial charge in [-0.15, -0.1) is 0 Å². The molecule has 11 heteroatoms. The molecule has 0 aromatic heterocycles. The maximum atomic E-state index is 14.9. The third-order valence-electron chi connectivity index (χ3n) is 5.46. The van der Waals surface area contributed by atoms with Crippen LogP contribution in [0.3, 0.4) is 0 Å². The van der Waals surface area contributed by atoms with Crippen molar-refractivity contribution in [3.05, 3.63) is 64.5 Å². The van der Waals surface area contributed by atoms with Crippen molar-refractivity contribution < 1.29 is 41.0 Å². The molecule has 2 aromatic rings. The van der Waals surface area contributed by atoms with E-state index in [2.05, 4.69) is 5.32 Å². The lowest BCUT2D eigenvalue weighted by atomic mass is 9.92. The number of likely N-dealkylation sites (tertiary alicyclic amines) is 1. The number of anilines is 1. The predicted molar refractivity (Wildman–Crippen MR) is 106 cm³/mol. The lowest BCUT2D eigenvalue weighted by Gasteiger charge is -2.39. The summed E-state index contributed by atoms with van der Waals surface area (Å²) in [6, 6.07) is 3.68. The maximum absolute atomic E-state index is 14.9. The fourth-order valence-corrected chi connectivity index (χ4v) is 3.53. The summed E-state index contributed by atoms with van der Waals surface area (Å²) in [5.41, 5.74) is -4.50. The zero-order valence-corrected chi connectivity index (χ0v) is 17.6. The van der Waals surface area contributed by atoms with Gasteiger partial charge in [-0.05, 0) is 50.1 Å². The molecular formula is C22H20F6N2O3. The van der Waals surface area contributed by atoms with E-state index in [-0.39, 0.29) is 24.2 Å². The van der Waals surface area contributed by atoms with Crippen molar-refractivity contribution in [3.8, 4) is 0 Å². The third-order valence-corrected chi connectivity index (χ3v) is 5.46. The Labute approximate surface area is 185 Å². The number of aliphatic hydroxyl groups is 1. The quantitative estimate of drug-likeness (QED) is 0.657. The van der Waals surface area contributed by atoms with Gasteiger partial charge in [-0.2, -0.15) is 8.78 Å². The number of hydrogen-bond acceptors (Lipinski definition) is 3. The molecule has 1 aliphatic rings. The summed E-state index contributed by atoms with van der Waals surface area (Å²) in [6.07, 6.45) is -1.73. The van der Waals surface area contributed by atoms with Crippen molar-refractivity contribution in [1.29, 1.82) is 0 Å². The highest BCUT2D eigenvalue weighted by molar-refractivity contribution is 6.04. The number of nitrogens with zero attached hydrogens (tertiary/aromatic N) is 1. The summed E-state index contributed by atoms with van der Waals surface area (Å²) in [6.45, 7) is 1.02. The van der Waals surface area contributed by atoms with Crippen molar-refractivity contribution in [2.45, 2.75) is 38.0 Å². The van der Waals surface area contributed by atoms with Gasteiger partial charge in [-0.3, -0.25) is 9.59 Å². The molecule has 2 aromatic carbocycles. The fourth-order valence-electron chi connectivity index (χ4n) is 3.53. The number of alkyl halides is 3. The van der Waals surface area contributed by atoms with E-state index in [1.807, 2.05) is 0 Å². The van der Waals surface area contributed by atoms with Crippen LogP contribution in [-0.2, 0) is 10.7 Å². The van der Waals surface area contributed by atoms with Gasteiger partial charge in [0.05, 0.1) is 18.2 Å². The van der Waals surface area contributed by atoms with Crippen molar-refractivity contribution in [3.63, 3.8) is 0 Å². The number of aryl methyl sites for hydroxylation is 1. The first kappa shape index (κ1) is 24.6. The number of carbonyl (C=O) groups is 2. The summed E-state index contributed by atoms with van der Waals surface area (Å²) in [5.74, 6) is -11.2. The fraction of sp³-hybridized carbons (Fsp3) is 0.364. The second-order valence-electron chi connectivity index (χ2n) is 8.12. The highest BCUT2D eigenvalue weighted by Gasteiger charge is 2.50. The van der Waals surface area contributed by atoms with Crippen LogP contribution in [0.1, 0.15) is 34.8 Å². The van der Waals surface area contributed by atoms with Gasteiger partial charge in [0.15, 0.2) is 17.3 Å². The lowest BCUT2D eigenvalue weighted by molar-refractivity contribution is -0.167. The van der Waals surface area contributed by atoms with Gasteiger partial charge < -0.3 is 15.3 Å². The smallest absolute Gasteiger partial charge is 0.352 e. The Hall–Kier alpha value is -3.08. The number of piperidine rings is 1. The van der Waals surface area contributed by atoms with E-state index in [1.54, 1.807) is 0 Å². The van der Waals surface area contributed by atoms with Gasteiger partial charge in [0.25, 0.3) is 11.8 Å². The molecule has 1 saturated heterocycles. The molecule has 1 heterocycles. The summed E-state index contributed by atoms with van der Waals surface area (Å²) >= 11 is 0. The second kappa shape index (κ2) is 8.69. The molecule has 3 rings (SSSR count). The Morgan fingerprint density at radius 1 is 1.15 bits per heavy atom. The zero-order valence-electron chi connectivity index (χ0n) is 17.6. The minimum atomic E-state index is -4.45. The van der Waals surface area contributed by atoms with Gasteiger partial charge in [0, 0.05) is 23.9 Å². The Morgan fingerprint density at radius 2 is 1.82 bits per heavy atom. The summed E-state index contributed by atoms with van der Waals surface area (Å²) in [4.78, 5) is 25.4. The monoisotopic (exact) mass is 474 g/mol. The van der Waals surface area contributed by atoms with Crippen LogP contribution in [0.25, 0.3) is 0 Å². The third kappa shape index (κ3) is 4.82. The minimum absolute atomic E-state index is 0.117. The minimum Gasteiger partial charge on any atom is -0.390 e. The molecule has 2 unspecified atom stereocenters. The molecule has 2 N–H and O–H groups in total. The number of rotatable bonds is 4. The van der Waals surface area contributed by atoms with Crippen LogP contribution in [0.5, 0.6) is 0 Å². The molecule has 0 saturated carbocycles. The molecule has 0 radical (unpaired) electrons. The van der Waals surface area contributed by atoms with Crippen LogP contribution in [0.4, 0.5) is 32.0 Å². The number of benzene rings is 2. The zero-order chi connectivity index (χ0) is 24.7. The van der Waals surface area contributed by atoms with Gasteiger partial charge >= 0.3 is 5.92 Å². The van der Waals surface area contributed by atoms with Crippen molar-refractivity contribution >= 4 is 17.5 Å². The van der Waals surface area contributed by atoms with Crippen LogP contribution in [0.2, 0.25) is 0 Å². The Morgan fingerprint density at radius 3 is 2.42 bits per heavy atom. The van der Waals surface area contributed by atoms with Gasteiger partial charge in [0.2, 0.25) is 0 Å².